The molecule has 2 amide bonds. The number of urea groups is 1. The molecule has 0 radical (unpaired) electrons. The minimum Gasteiger partial charge on any atom is -0.419 e. The smallest absolute Gasteiger partial charge is 0.319 e. The van der Waals surface area contributed by atoms with Crippen LogP contribution in [-0.4, -0.2) is 71.2 Å². The zero-order valence-electron chi connectivity index (χ0n) is 13.5. The molecule has 3 rings (SSSR count). The summed E-state index contributed by atoms with van der Waals surface area (Å²) < 4.78 is 5.73. The van der Waals surface area contributed by atoms with E-state index in [2.05, 4.69) is 15.1 Å². The number of hydrogen-bond donors (Lipinski definition) is 0. The Morgan fingerprint density at radius 2 is 1.83 bits per heavy atom. The molecule has 7 heteroatoms. The van der Waals surface area contributed by atoms with Crippen LogP contribution in [0.2, 0.25) is 0 Å². The highest BCUT2D eigenvalue weighted by atomic mass is 16.4. The summed E-state index contributed by atoms with van der Waals surface area (Å²) in [4.78, 5) is 17.6. The number of piperazine rings is 1. The van der Waals surface area contributed by atoms with Crippen LogP contribution in [0.15, 0.2) is 34.7 Å². The topological polar surface area (TPSA) is 65.7 Å². The molecule has 1 aromatic heterocycles. The van der Waals surface area contributed by atoms with Crippen LogP contribution in [0.4, 0.5) is 4.79 Å². The van der Waals surface area contributed by atoms with E-state index in [1.54, 1.807) is 19.0 Å². The fourth-order valence-corrected chi connectivity index (χ4v) is 2.59. The van der Waals surface area contributed by atoms with E-state index < -0.39 is 0 Å². The van der Waals surface area contributed by atoms with Crippen LogP contribution in [0.5, 0.6) is 0 Å². The fraction of sp³-hybridized carbons (Fsp3) is 0.438. The lowest BCUT2D eigenvalue weighted by atomic mass is 10.2. The summed E-state index contributed by atoms with van der Waals surface area (Å²) in [6.07, 6.45) is 0. The Morgan fingerprint density at radius 1 is 1.13 bits per heavy atom. The van der Waals surface area contributed by atoms with E-state index in [-0.39, 0.29) is 6.03 Å². The third kappa shape index (κ3) is 3.68. The molecule has 122 valence electrons. The van der Waals surface area contributed by atoms with Crippen molar-refractivity contribution in [3.05, 3.63) is 36.2 Å². The number of carbonyl (C=O) groups excluding carboxylic acids is 1. The highest BCUT2D eigenvalue weighted by molar-refractivity contribution is 5.73. The van der Waals surface area contributed by atoms with Gasteiger partial charge < -0.3 is 14.2 Å². The quantitative estimate of drug-likeness (QED) is 0.859. The van der Waals surface area contributed by atoms with Crippen molar-refractivity contribution in [2.45, 2.75) is 6.54 Å². The van der Waals surface area contributed by atoms with E-state index in [0.29, 0.717) is 18.3 Å². The maximum absolute atomic E-state index is 11.9. The van der Waals surface area contributed by atoms with Crippen LogP contribution in [0.3, 0.4) is 0 Å². The zero-order chi connectivity index (χ0) is 16.2. The van der Waals surface area contributed by atoms with Gasteiger partial charge in [0.05, 0.1) is 6.54 Å². The van der Waals surface area contributed by atoms with Gasteiger partial charge in [0, 0.05) is 45.8 Å². The van der Waals surface area contributed by atoms with E-state index in [1.807, 2.05) is 35.2 Å². The molecule has 1 aliphatic heterocycles. The van der Waals surface area contributed by atoms with E-state index >= 15 is 0 Å². The Bertz CT molecular complexity index is 648. The van der Waals surface area contributed by atoms with Crippen molar-refractivity contribution in [1.82, 2.24) is 24.9 Å². The monoisotopic (exact) mass is 315 g/mol. The average Bonchev–Trinajstić information content (AvgIpc) is 3.04. The second-order valence-corrected chi connectivity index (χ2v) is 5.81. The van der Waals surface area contributed by atoms with Gasteiger partial charge in [0.1, 0.15) is 0 Å². The summed E-state index contributed by atoms with van der Waals surface area (Å²) in [5.74, 6) is 1.15. The number of hydrogen-bond acceptors (Lipinski definition) is 5. The average molecular weight is 315 g/mol. The van der Waals surface area contributed by atoms with Crippen molar-refractivity contribution in [2.24, 2.45) is 0 Å². The van der Waals surface area contributed by atoms with Gasteiger partial charge in [-0.05, 0) is 12.1 Å². The SMILES string of the molecule is CN(C)C(=O)N1CCN(Cc2nnc(-c3ccccc3)o2)CC1. The van der Waals surface area contributed by atoms with Crippen LogP contribution in [0.1, 0.15) is 5.89 Å². The first kappa shape index (κ1) is 15.5. The van der Waals surface area contributed by atoms with Crippen molar-refractivity contribution in [1.29, 1.82) is 0 Å². The lowest BCUT2D eigenvalue weighted by Crippen LogP contribution is -2.51. The zero-order valence-corrected chi connectivity index (χ0v) is 13.5. The van der Waals surface area contributed by atoms with Crippen molar-refractivity contribution >= 4 is 6.03 Å². The van der Waals surface area contributed by atoms with Gasteiger partial charge in [-0.2, -0.15) is 0 Å². The maximum atomic E-state index is 11.9. The van der Waals surface area contributed by atoms with Crippen LogP contribution in [0.25, 0.3) is 11.5 Å². The summed E-state index contributed by atoms with van der Waals surface area (Å²) >= 11 is 0. The van der Waals surface area contributed by atoms with E-state index in [1.165, 1.54) is 0 Å². The molecule has 23 heavy (non-hydrogen) atoms. The molecule has 0 aliphatic carbocycles. The van der Waals surface area contributed by atoms with Crippen molar-refractivity contribution in [3.8, 4) is 11.5 Å². The van der Waals surface area contributed by atoms with E-state index in [0.717, 1.165) is 31.7 Å². The minimum atomic E-state index is 0.0637. The number of carbonyl (C=O) groups is 1. The molecule has 2 aromatic rings. The molecule has 0 atom stereocenters. The van der Waals surface area contributed by atoms with Gasteiger partial charge in [0.15, 0.2) is 0 Å². The number of amides is 2. The molecule has 1 fully saturated rings. The van der Waals surface area contributed by atoms with Gasteiger partial charge in [0.2, 0.25) is 11.8 Å². The van der Waals surface area contributed by atoms with Gasteiger partial charge in [-0.3, -0.25) is 4.90 Å². The first-order chi connectivity index (χ1) is 11.1. The lowest BCUT2D eigenvalue weighted by molar-refractivity contribution is 0.115. The van der Waals surface area contributed by atoms with E-state index in [9.17, 15) is 4.79 Å². The molecule has 0 N–H and O–H groups in total. The molecular weight excluding hydrogens is 294 g/mol. The molecule has 0 spiro atoms. The second-order valence-electron chi connectivity index (χ2n) is 5.81. The number of rotatable bonds is 3. The van der Waals surface area contributed by atoms with Crippen molar-refractivity contribution in [3.63, 3.8) is 0 Å². The normalized spacial score (nSPS) is 15.7. The third-order valence-electron chi connectivity index (χ3n) is 3.87. The summed E-state index contributed by atoms with van der Waals surface area (Å²) in [6, 6.07) is 9.80. The fourth-order valence-electron chi connectivity index (χ4n) is 2.59. The van der Waals surface area contributed by atoms with Crippen LogP contribution < -0.4 is 0 Å². The molecule has 1 saturated heterocycles. The van der Waals surface area contributed by atoms with Crippen LogP contribution in [0, 0.1) is 0 Å². The summed E-state index contributed by atoms with van der Waals surface area (Å²) in [5.41, 5.74) is 0.924. The standard InChI is InChI=1S/C16H21N5O2/c1-19(2)16(22)21-10-8-20(9-11-21)12-14-17-18-15(23-14)13-6-4-3-5-7-13/h3-7H,8-12H2,1-2H3. The van der Waals surface area contributed by atoms with Gasteiger partial charge in [-0.15, -0.1) is 10.2 Å². The number of aromatic nitrogens is 2. The highest BCUT2D eigenvalue weighted by Gasteiger charge is 2.23. The molecule has 0 saturated carbocycles. The third-order valence-corrected chi connectivity index (χ3v) is 3.87. The van der Waals surface area contributed by atoms with Crippen molar-refractivity contribution < 1.29 is 9.21 Å². The molecule has 0 unspecified atom stereocenters. The Balaban J connectivity index is 1.55. The summed E-state index contributed by atoms with van der Waals surface area (Å²) in [7, 11) is 3.55. The van der Waals surface area contributed by atoms with Gasteiger partial charge in [-0.25, -0.2) is 4.79 Å². The molecule has 1 aromatic carbocycles. The van der Waals surface area contributed by atoms with Crippen LogP contribution >= 0.6 is 0 Å². The van der Waals surface area contributed by atoms with Crippen molar-refractivity contribution in [2.75, 3.05) is 40.3 Å². The Kier molecular flexibility index (Phi) is 4.57. The van der Waals surface area contributed by atoms with Crippen LogP contribution in [-0.2, 0) is 6.54 Å². The first-order valence-corrected chi connectivity index (χ1v) is 7.70. The molecular formula is C16H21N5O2. The predicted molar refractivity (Wildman–Crippen MR) is 85.7 cm³/mol. The summed E-state index contributed by atoms with van der Waals surface area (Å²) in [6.45, 7) is 3.67. The first-order valence-electron chi connectivity index (χ1n) is 7.70. The summed E-state index contributed by atoms with van der Waals surface area (Å²) in [5, 5.41) is 8.23. The Labute approximate surface area is 135 Å². The van der Waals surface area contributed by atoms with Gasteiger partial charge >= 0.3 is 6.03 Å². The highest BCUT2D eigenvalue weighted by Crippen LogP contribution is 2.18. The minimum absolute atomic E-state index is 0.0637. The Morgan fingerprint density at radius 3 is 2.48 bits per heavy atom. The lowest BCUT2D eigenvalue weighted by Gasteiger charge is -2.35. The Hall–Kier alpha value is -2.41. The van der Waals surface area contributed by atoms with E-state index in [4.69, 9.17) is 4.42 Å². The molecule has 2 heterocycles. The number of nitrogens with zero attached hydrogens (tertiary/aromatic N) is 5. The number of benzene rings is 1. The largest absolute Gasteiger partial charge is 0.419 e. The predicted octanol–water partition coefficient (Wildman–Crippen LogP) is 1.54. The van der Waals surface area contributed by atoms with Gasteiger partial charge in [-0.1, -0.05) is 18.2 Å². The van der Waals surface area contributed by atoms with Gasteiger partial charge in [0.25, 0.3) is 0 Å². The molecule has 1 aliphatic rings. The second kappa shape index (κ2) is 6.78. The molecule has 7 nitrogen and oxygen atoms in total. The molecule has 0 bridgehead atoms. The maximum Gasteiger partial charge on any atom is 0.319 e.